The lowest BCUT2D eigenvalue weighted by atomic mass is 10.0. The number of aromatic nitrogens is 2. The van der Waals surface area contributed by atoms with E-state index in [0.29, 0.717) is 0 Å². The number of hydrogen-bond acceptors (Lipinski definition) is 2. The average molecular weight is 281 g/mol. The molecule has 0 aliphatic carbocycles. The molecule has 0 spiro atoms. The van der Waals surface area contributed by atoms with Crippen LogP contribution in [0.3, 0.4) is 0 Å². The Morgan fingerprint density at radius 2 is 2.00 bits per heavy atom. The van der Waals surface area contributed by atoms with Gasteiger partial charge in [-0.3, -0.25) is 0 Å². The predicted octanol–water partition coefficient (Wildman–Crippen LogP) is 3.80. The Morgan fingerprint density at radius 3 is 2.81 bits per heavy atom. The molecule has 0 amide bonds. The fourth-order valence-electron chi connectivity index (χ4n) is 2.28. The molecule has 1 aromatic heterocycles. The van der Waals surface area contributed by atoms with E-state index in [0.717, 1.165) is 29.9 Å². The van der Waals surface area contributed by atoms with Crippen LogP contribution in [0.4, 0.5) is 10.1 Å². The summed E-state index contributed by atoms with van der Waals surface area (Å²) in [6, 6.07) is 14.6. The van der Waals surface area contributed by atoms with Crippen molar-refractivity contribution >= 4 is 5.69 Å². The molecule has 1 N–H and O–H groups in total. The van der Waals surface area contributed by atoms with E-state index in [1.165, 1.54) is 6.07 Å². The van der Waals surface area contributed by atoms with Crippen molar-refractivity contribution in [1.29, 1.82) is 0 Å². The van der Waals surface area contributed by atoms with E-state index < -0.39 is 0 Å². The van der Waals surface area contributed by atoms with Crippen LogP contribution in [-0.4, -0.2) is 16.1 Å². The molecule has 1 heterocycles. The molecule has 0 atom stereocenters. The maximum atomic E-state index is 13.4. The fourth-order valence-corrected chi connectivity index (χ4v) is 2.28. The molecule has 106 valence electrons. The zero-order valence-corrected chi connectivity index (χ0v) is 11.5. The third-order valence-corrected chi connectivity index (χ3v) is 3.31. The van der Waals surface area contributed by atoms with Gasteiger partial charge < -0.3 is 9.88 Å². The van der Waals surface area contributed by atoms with Crippen LogP contribution in [0.1, 0.15) is 0 Å². The van der Waals surface area contributed by atoms with Crippen molar-refractivity contribution in [2.24, 2.45) is 0 Å². The maximum Gasteiger partial charge on any atom is 0.123 e. The van der Waals surface area contributed by atoms with Crippen molar-refractivity contribution in [3.05, 3.63) is 73.1 Å². The highest BCUT2D eigenvalue weighted by Gasteiger charge is 2.05. The first-order valence-corrected chi connectivity index (χ1v) is 6.87. The van der Waals surface area contributed by atoms with Crippen molar-refractivity contribution in [3.8, 4) is 11.1 Å². The molecule has 3 aromatic rings. The molecule has 3 nitrogen and oxygen atoms in total. The Hall–Kier alpha value is -2.62. The monoisotopic (exact) mass is 281 g/mol. The third-order valence-electron chi connectivity index (χ3n) is 3.31. The first-order chi connectivity index (χ1) is 10.3. The fraction of sp³-hybridized carbons (Fsp3) is 0.118. The summed E-state index contributed by atoms with van der Waals surface area (Å²) in [4.78, 5) is 4.02. The Morgan fingerprint density at radius 1 is 1.10 bits per heavy atom. The van der Waals surface area contributed by atoms with Crippen LogP contribution in [0.15, 0.2) is 67.3 Å². The molecule has 0 bridgehead atoms. The van der Waals surface area contributed by atoms with E-state index in [1.807, 2.05) is 41.1 Å². The second-order valence-corrected chi connectivity index (χ2v) is 4.78. The van der Waals surface area contributed by atoms with Crippen molar-refractivity contribution in [3.63, 3.8) is 0 Å². The summed E-state index contributed by atoms with van der Waals surface area (Å²) >= 11 is 0. The number of hydrogen-bond donors (Lipinski definition) is 1. The van der Waals surface area contributed by atoms with Crippen LogP contribution >= 0.6 is 0 Å². The number of benzene rings is 2. The highest BCUT2D eigenvalue weighted by Crippen LogP contribution is 2.28. The largest absolute Gasteiger partial charge is 0.383 e. The van der Waals surface area contributed by atoms with Gasteiger partial charge in [0.1, 0.15) is 5.82 Å². The average Bonchev–Trinajstić information content (AvgIpc) is 3.01. The summed E-state index contributed by atoms with van der Waals surface area (Å²) in [7, 11) is 0. The van der Waals surface area contributed by atoms with Gasteiger partial charge in [-0.05, 0) is 23.8 Å². The number of halogens is 1. The van der Waals surface area contributed by atoms with Gasteiger partial charge in [0.05, 0.1) is 6.33 Å². The van der Waals surface area contributed by atoms with Crippen LogP contribution in [0.2, 0.25) is 0 Å². The first kappa shape index (κ1) is 13.4. The number of nitrogens with one attached hydrogen (secondary N) is 1. The lowest BCUT2D eigenvalue weighted by Crippen LogP contribution is -2.09. The molecule has 21 heavy (non-hydrogen) atoms. The number of imidazole rings is 1. The van der Waals surface area contributed by atoms with E-state index in [2.05, 4.69) is 10.3 Å². The molecule has 0 saturated carbocycles. The first-order valence-electron chi connectivity index (χ1n) is 6.87. The molecule has 0 aliphatic rings. The van der Waals surface area contributed by atoms with Crippen LogP contribution in [-0.2, 0) is 6.54 Å². The summed E-state index contributed by atoms with van der Waals surface area (Å²) in [5.41, 5.74) is 2.88. The zero-order valence-electron chi connectivity index (χ0n) is 11.5. The van der Waals surface area contributed by atoms with E-state index in [4.69, 9.17) is 0 Å². The van der Waals surface area contributed by atoms with Crippen LogP contribution in [0, 0.1) is 5.82 Å². The van der Waals surface area contributed by atoms with Crippen molar-refractivity contribution in [1.82, 2.24) is 9.55 Å². The lowest BCUT2D eigenvalue weighted by Gasteiger charge is -2.12. The molecular weight excluding hydrogens is 265 g/mol. The van der Waals surface area contributed by atoms with Gasteiger partial charge in [0, 0.05) is 36.7 Å². The van der Waals surface area contributed by atoms with Gasteiger partial charge in [-0.2, -0.15) is 0 Å². The van der Waals surface area contributed by atoms with Gasteiger partial charge in [-0.1, -0.05) is 30.3 Å². The van der Waals surface area contributed by atoms with E-state index in [1.54, 1.807) is 24.7 Å². The molecule has 0 aliphatic heterocycles. The van der Waals surface area contributed by atoms with Gasteiger partial charge in [-0.15, -0.1) is 0 Å². The maximum absolute atomic E-state index is 13.4. The molecule has 4 heteroatoms. The van der Waals surface area contributed by atoms with Gasteiger partial charge in [0.15, 0.2) is 0 Å². The topological polar surface area (TPSA) is 29.9 Å². The second-order valence-electron chi connectivity index (χ2n) is 4.78. The van der Waals surface area contributed by atoms with Crippen molar-refractivity contribution in [2.75, 3.05) is 11.9 Å². The Bertz CT molecular complexity index is 708. The molecule has 2 aromatic carbocycles. The Labute approximate surface area is 123 Å². The van der Waals surface area contributed by atoms with E-state index >= 15 is 0 Å². The van der Waals surface area contributed by atoms with Crippen LogP contribution in [0.25, 0.3) is 11.1 Å². The van der Waals surface area contributed by atoms with Gasteiger partial charge >= 0.3 is 0 Å². The van der Waals surface area contributed by atoms with Gasteiger partial charge in [-0.25, -0.2) is 9.37 Å². The summed E-state index contributed by atoms with van der Waals surface area (Å²) in [6.07, 6.45) is 5.49. The van der Waals surface area contributed by atoms with E-state index in [-0.39, 0.29) is 5.82 Å². The molecule has 0 saturated heterocycles. The summed E-state index contributed by atoms with van der Waals surface area (Å²) in [5.74, 6) is -0.222. The molecule has 0 fully saturated rings. The van der Waals surface area contributed by atoms with E-state index in [9.17, 15) is 4.39 Å². The van der Waals surface area contributed by atoms with Gasteiger partial charge in [0.25, 0.3) is 0 Å². The number of para-hydroxylation sites is 1. The highest BCUT2D eigenvalue weighted by molar-refractivity contribution is 5.77. The zero-order chi connectivity index (χ0) is 14.5. The SMILES string of the molecule is Fc1cccc(-c2ccccc2NCCn2ccnc2)c1. The van der Waals surface area contributed by atoms with Crippen molar-refractivity contribution in [2.45, 2.75) is 6.54 Å². The minimum Gasteiger partial charge on any atom is -0.383 e. The lowest BCUT2D eigenvalue weighted by molar-refractivity contribution is 0.628. The van der Waals surface area contributed by atoms with Gasteiger partial charge in [0.2, 0.25) is 0 Å². The second kappa shape index (κ2) is 6.22. The predicted molar refractivity (Wildman–Crippen MR) is 82.6 cm³/mol. The Balaban J connectivity index is 1.76. The summed E-state index contributed by atoms with van der Waals surface area (Å²) < 4.78 is 15.4. The smallest absolute Gasteiger partial charge is 0.123 e. The summed E-state index contributed by atoms with van der Waals surface area (Å²) in [6.45, 7) is 1.61. The minimum atomic E-state index is -0.222. The minimum absolute atomic E-state index is 0.222. The number of anilines is 1. The molecule has 0 radical (unpaired) electrons. The third kappa shape index (κ3) is 3.28. The van der Waals surface area contributed by atoms with Crippen LogP contribution in [0.5, 0.6) is 0 Å². The molecular formula is C17H16FN3. The number of rotatable bonds is 5. The number of nitrogens with zero attached hydrogens (tertiary/aromatic N) is 2. The summed E-state index contributed by atoms with van der Waals surface area (Å²) in [5, 5.41) is 3.40. The molecule has 0 unspecified atom stereocenters. The highest BCUT2D eigenvalue weighted by atomic mass is 19.1. The quantitative estimate of drug-likeness (QED) is 0.771. The normalized spacial score (nSPS) is 10.5. The molecule has 3 rings (SSSR count). The Kier molecular flexibility index (Phi) is 3.96. The standard InChI is InChI=1S/C17H16FN3/c18-15-5-3-4-14(12-15)16-6-1-2-7-17(16)20-9-11-21-10-8-19-13-21/h1-8,10,12-13,20H,9,11H2. The van der Waals surface area contributed by atoms with Crippen molar-refractivity contribution < 1.29 is 4.39 Å². The van der Waals surface area contributed by atoms with Crippen LogP contribution < -0.4 is 5.32 Å².